The van der Waals surface area contributed by atoms with Crippen LogP contribution in [0.25, 0.3) is 0 Å². The summed E-state index contributed by atoms with van der Waals surface area (Å²) in [5, 5.41) is 6.34. The summed E-state index contributed by atoms with van der Waals surface area (Å²) in [6.45, 7) is 0. The highest BCUT2D eigenvalue weighted by molar-refractivity contribution is 5.73. The standard InChI is InChI=1S/C10H12N2O3/c1-15-10(14)6-2-3-8-7(4-6)5-9(13)12-11-8/h5-6H,2-4H2,1H3,(H,12,13). The zero-order valence-corrected chi connectivity index (χ0v) is 8.45. The topological polar surface area (TPSA) is 72.0 Å². The minimum atomic E-state index is -0.223. The van der Waals surface area contributed by atoms with Crippen LogP contribution in [0.2, 0.25) is 0 Å². The summed E-state index contributed by atoms with van der Waals surface area (Å²) >= 11 is 0. The van der Waals surface area contributed by atoms with Gasteiger partial charge in [-0.25, -0.2) is 5.10 Å². The summed E-state index contributed by atoms with van der Waals surface area (Å²) in [5.41, 5.74) is 1.52. The highest BCUT2D eigenvalue weighted by Gasteiger charge is 2.26. The fourth-order valence-electron chi connectivity index (χ4n) is 1.91. The van der Waals surface area contributed by atoms with Crippen molar-refractivity contribution in [1.29, 1.82) is 0 Å². The monoisotopic (exact) mass is 208 g/mol. The van der Waals surface area contributed by atoms with Crippen LogP contribution in [0.3, 0.4) is 0 Å². The number of aryl methyl sites for hydroxylation is 1. The zero-order valence-electron chi connectivity index (χ0n) is 8.45. The Balaban J connectivity index is 2.25. The molecule has 0 saturated carbocycles. The number of carbonyl (C=O) groups excluding carboxylic acids is 1. The van der Waals surface area contributed by atoms with Gasteiger partial charge in [-0.1, -0.05) is 0 Å². The Morgan fingerprint density at radius 1 is 1.67 bits per heavy atom. The van der Waals surface area contributed by atoms with Gasteiger partial charge in [0.2, 0.25) is 0 Å². The Kier molecular flexibility index (Phi) is 2.53. The lowest BCUT2D eigenvalue weighted by atomic mass is 9.87. The van der Waals surface area contributed by atoms with E-state index in [1.807, 2.05) is 0 Å². The van der Waals surface area contributed by atoms with Crippen LogP contribution in [0, 0.1) is 5.92 Å². The number of fused-ring (bicyclic) bond motifs is 1. The van der Waals surface area contributed by atoms with Gasteiger partial charge in [0, 0.05) is 6.07 Å². The van der Waals surface area contributed by atoms with Crippen molar-refractivity contribution in [2.24, 2.45) is 5.92 Å². The molecule has 1 aliphatic rings. The lowest BCUT2D eigenvalue weighted by Crippen LogP contribution is -2.26. The maximum Gasteiger partial charge on any atom is 0.309 e. The minimum absolute atomic E-state index is 0.133. The second-order valence-electron chi connectivity index (χ2n) is 3.67. The van der Waals surface area contributed by atoms with Crippen LogP contribution < -0.4 is 5.56 Å². The SMILES string of the molecule is COC(=O)C1CCc2n[nH]c(=O)cc2C1. The number of carbonyl (C=O) groups is 1. The molecule has 0 spiro atoms. The number of H-pyrrole nitrogens is 1. The van der Waals surface area contributed by atoms with Crippen LogP contribution in [0.5, 0.6) is 0 Å². The van der Waals surface area contributed by atoms with Crippen molar-refractivity contribution in [1.82, 2.24) is 10.2 Å². The molecule has 1 aliphatic carbocycles. The van der Waals surface area contributed by atoms with Crippen molar-refractivity contribution in [3.05, 3.63) is 27.7 Å². The smallest absolute Gasteiger partial charge is 0.309 e. The average molecular weight is 208 g/mol. The molecular formula is C10H12N2O3. The molecule has 1 N–H and O–H groups in total. The number of methoxy groups -OCH3 is 1. The first-order valence-electron chi connectivity index (χ1n) is 4.86. The first kappa shape index (κ1) is 9.89. The van der Waals surface area contributed by atoms with Crippen molar-refractivity contribution in [3.63, 3.8) is 0 Å². The fraction of sp³-hybridized carbons (Fsp3) is 0.500. The van der Waals surface area contributed by atoms with Gasteiger partial charge in [-0.3, -0.25) is 9.59 Å². The van der Waals surface area contributed by atoms with Crippen molar-refractivity contribution >= 4 is 5.97 Å². The van der Waals surface area contributed by atoms with Gasteiger partial charge in [0.25, 0.3) is 5.56 Å². The first-order chi connectivity index (χ1) is 7.20. The number of hydrogen-bond acceptors (Lipinski definition) is 4. The third-order valence-corrected chi connectivity index (χ3v) is 2.71. The van der Waals surface area contributed by atoms with E-state index in [1.54, 1.807) is 0 Å². The summed E-state index contributed by atoms with van der Waals surface area (Å²) in [6.07, 6.45) is 2.00. The first-order valence-corrected chi connectivity index (χ1v) is 4.86. The Morgan fingerprint density at radius 3 is 3.20 bits per heavy atom. The third-order valence-electron chi connectivity index (χ3n) is 2.71. The molecular weight excluding hydrogens is 196 g/mol. The molecule has 5 nitrogen and oxygen atoms in total. The van der Waals surface area contributed by atoms with E-state index in [2.05, 4.69) is 14.9 Å². The number of ether oxygens (including phenoxy) is 1. The summed E-state index contributed by atoms with van der Waals surface area (Å²) in [7, 11) is 1.38. The molecule has 15 heavy (non-hydrogen) atoms. The van der Waals surface area contributed by atoms with Crippen LogP contribution in [0.15, 0.2) is 10.9 Å². The van der Waals surface area contributed by atoms with E-state index in [9.17, 15) is 9.59 Å². The Morgan fingerprint density at radius 2 is 2.47 bits per heavy atom. The number of nitrogens with one attached hydrogen (secondary N) is 1. The highest BCUT2D eigenvalue weighted by atomic mass is 16.5. The van der Waals surface area contributed by atoms with Gasteiger partial charge in [-0.15, -0.1) is 0 Å². The van der Waals surface area contributed by atoms with Crippen molar-refractivity contribution in [3.8, 4) is 0 Å². The van der Waals surface area contributed by atoms with Crippen LogP contribution >= 0.6 is 0 Å². The molecule has 0 aliphatic heterocycles. The van der Waals surface area contributed by atoms with E-state index < -0.39 is 0 Å². The maximum atomic E-state index is 11.3. The Bertz CT molecular complexity index is 439. The summed E-state index contributed by atoms with van der Waals surface area (Å²) in [4.78, 5) is 22.4. The van der Waals surface area contributed by atoms with Gasteiger partial charge < -0.3 is 4.74 Å². The summed E-state index contributed by atoms with van der Waals surface area (Å²) < 4.78 is 4.69. The molecule has 1 unspecified atom stereocenters. The molecule has 0 aromatic carbocycles. The second-order valence-corrected chi connectivity index (χ2v) is 3.67. The normalized spacial score (nSPS) is 19.4. The molecule has 0 amide bonds. The predicted octanol–water partition coefficient (Wildman–Crippen LogP) is 0.0478. The Labute approximate surface area is 86.5 Å². The van der Waals surface area contributed by atoms with Crippen LogP contribution in [-0.2, 0) is 22.4 Å². The number of rotatable bonds is 1. The quantitative estimate of drug-likeness (QED) is 0.662. The van der Waals surface area contributed by atoms with E-state index in [-0.39, 0.29) is 17.4 Å². The molecule has 0 radical (unpaired) electrons. The van der Waals surface area contributed by atoms with Crippen molar-refractivity contribution in [2.75, 3.05) is 7.11 Å². The molecule has 0 saturated heterocycles. The van der Waals surface area contributed by atoms with Crippen LogP contribution in [0.4, 0.5) is 0 Å². The molecule has 1 aromatic rings. The largest absolute Gasteiger partial charge is 0.469 e. The molecule has 5 heteroatoms. The fourth-order valence-corrected chi connectivity index (χ4v) is 1.91. The van der Waals surface area contributed by atoms with E-state index in [1.165, 1.54) is 13.2 Å². The van der Waals surface area contributed by atoms with Gasteiger partial charge >= 0.3 is 5.97 Å². The van der Waals surface area contributed by atoms with Crippen molar-refractivity contribution in [2.45, 2.75) is 19.3 Å². The van der Waals surface area contributed by atoms with Gasteiger partial charge in [0.05, 0.1) is 18.7 Å². The van der Waals surface area contributed by atoms with E-state index in [0.29, 0.717) is 12.8 Å². The zero-order chi connectivity index (χ0) is 10.8. The predicted molar refractivity (Wildman–Crippen MR) is 52.4 cm³/mol. The van der Waals surface area contributed by atoms with Gasteiger partial charge in [0.1, 0.15) is 0 Å². The molecule has 0 fully saturated rings. The minimum Gasteiger partial charge on any atom is -0.469 e. The average Bonchev–Trinajstić information content (AvgIpc) is 2.27. The lowest BCUT2D eigenvalue weighted by Gasteiger charge is -2.20. The maximum absolute atomic E-state index is 11.3. The van der Waals surface area contributed by atoms with Crippen LogP contribution in [-0.4, -0.2) is 23.3 Å². The van der Waals surface area contributed by atoms with Gasteiger partial charge in [-0.05, 0) is 24.8 Å². The Hall–Kier alpha value is -1.65. The van der Waals surface area contributed by atoms with Crippen molar-refractivity contribution < 1.29 is 9.53 Å². The number of aromatic nitrogens is 2. The van der Waals surface area contributed by atoms with E-state index >= 15 is 0 Å². The highest BCUT2D eigenvalue weighted by Crippen LogP contribution is 2.23. The summed E-state index contributed by atoms with van der Waals surface area (Å²) in [6, 6.07) is 1.51. The number of aromatic amines is 1. The molecule has 0 bridgehead atoms. The second kappa shape index (κ2) is 3.84. The number of esters is 1. The number of hydrogen-bond donors (Lipinski definition) is 1. The summed E-state index contributed by atoms with van der Waals surface area (Å²) in [5.74, 6) is -0.341. The molecule has 1 heterocycles. The third kappa shape index (κ3) is 1.91. The molecule has 1 atom stereocenters. The number of nitrogens with zero attached hydrogens (tertiary/aromatic N) is 1. The molecule has 1 aromatic heterocycles. The van der Waals surface area contributed by atoms with Gasteiger partial charge in [0.15, 0.2) is 0 Å². The van der Waals surface area contributed by atoms with Crippen LogP contribution in [0.1, 0.15) is 17.7 Å². The van der Waals surface area contributed by atoms with E-state index in [0.717, 1.165) is 17.7 Å². The molecule has 80 valence electrons. The van der Waals surface area contributed by atoms with E-state index in [4.69, 9.17) is 0 Å². The van der Waals surface area contributed by atoms with Gasteiger partial charge in [-0.2, -0.15) is 5.10 Å². The lowest BCUT2D eigenvalue weighted by molar-refractivity contribution is -0.145. The molecule has 2 rings (SSSR count).